The van der Waals surface area contributed by atoms with Crippen LogP contribution < -0.4 is 11.1 Å². The predicted molar refractivity (Wildman–Crippen MR) is 92.2 cm³/mol. The summed E-state index contributed by atoms with van der Waals surface area (Å²) in [6.07, 6.45) is 6.12. The monoisotopic (exact) mass is 327 g/mol. The normalized spacial score (nSPS) is 14.6. The highest BCUT2D eigenvalue weighted by Crippen LogP contribution is 2.30. The van der Waals surface area contributed by atoms with Gasteiger partial charge in [0.05, 0.1) is 11.6 Å². The topological polar surface area (TPSA) is 88.2 Å². The maximum Gasteiger partial charge on any atom is 0.243 e. The van der Waals surface area contributed by atoms with Crippen LogP contribution >= 0.6 is 11.3 Å². The average molecular weight is 327 g/mol. The lowest BCUT2D eigenvalue weighted by molar-refractivity contribution is -0.117. The van der Waals surface area contributed by atoms with Gasteiger partial charge in [-0.05, 0) is 45.4 Å². The van der Waals surface area contributed by atoms with Gasteiger partial charge in [0, 0.05) is 11.1 Å². The van der Waals surface area contributed by atoms with E-state index in [9.17, 15) is 9.90 Å². The van der Waals surface area contributed by atoms with E-state index in [1.807, 2.05) is 27.0 Å². The molecule has 1 aromatic heterocycles. The van der Waals surface area contributed by atoms with E-state index in [0.717, 1.165) is 30.6 Å². The number of nitrogens with two attached hydrogens (primary N) is 1. The molecule has 0 aromatic carbocycles. The van der Waals surface area contributed by atoms with Gasteiger partial charge in [0.2, 0.25) is 5.91 Å². The largest absolute Gasteiger partial charge is 0.390 e. The average Bonchev–Trinajstić information content (AvgIpc) is 2.86. The van der Waals surface area contributed by atoms with Crippen LogP contribution in [0.3, 0.4) is 0 Å². The third-order valence-corrected chi connectivity index (χ3v) is 4.75. The van der Waals surface area contributed by atoms with Crippen LogP contribution in [0.15, 0.2) is 6.20 Å². The van der Waals surface area contributed by atoms with E-state index in [-0.39, 0.29) is 5.91 Å². The number of thiazole rings is 1. The Morgan fingerprint density at radius 1 is 1.50 bits per heavy atom. The second-order valence-corrected chi connectivity index (χ2v) is 7.62. The van der Waals surface area contributed by atoms with E-state index in [4.69, 9.17) is 5.73 Å². The van der Waals surface area contributed by atoms with Crippen molar-refractivity contribution in [2.24, 2.45) is 5.73 Å². The first-order valence-corrected chi connectivity index (χ1v) is 8.79. The molecule has 0 spiro atoms. The van der Waals surface area contributed by atoms with Crippen molar-refractivity contribution < 1.29 is 9.90 Å². The predicted octanol–water partition coefficient (Wildman–Crippen LogP) is 3.25. The van der Waals surface area contributed by atoms with Crippen LogP contribution in [0.25, 0.3) is 0 Å². The zero-order valence-electron chi connectivity index (χ0n) is 14.1. The van der Waals surface area contributed by atoms with Gasteiger partial charge < -0.3 is 16.2 Å². The first-order valence-electron chi connectivity index (χ1n) is 7.97. The summed E-state index contributed by atoms with van der Waals surface area (Å²) in [6, 6.07) is -0.471. The van der Waals surface area contributed by atoms with Crippen molar-refractivity contribution >= 4 is 22.4 Å². The summed E-state index contributed by atoms with van der Waals surface area (Å²) in [5.41, 5.74) is 5.18. The molecular formula is C16H29N3O2S. The molecule has 0 aliphatic heterocycles. The first kappa shape index (κ1) is 19.1. The molecule has 0 aliphatic carbocycles. The van der Waals surface area contributed by atoms with Crippen molar-refractivity contribution in [3.8, 4) is 0 Å². The van der Waals surface area contributed by atoms with Crippen molar-refractivity contribution in [2.45, 2.75) is 77.4 Å². The molecule has 6 heteroatoms. The van der Waals surface area contributed by atoms with E-state index in [1.54, 1.807) is 0 Å². The standard InChI is InChI=1S/C16H29N3O2S/c1-5-7-12(17)14(20)19-15-18-10-13(22-15)11(2)8-6-9-16(3,4)21/h10-12,21H,5-9,17H2,1-4H3,(H,18,19,20). The van der Waals surface area contributed by atoms with Gasteiger partial charge in [0.1, 0.15) is 0 Å². The van der Waals surface area contributed by atoms with Crippen LogP contribution in [0.1, 0.15) is 70.6 Å². The molecule has 2 unspecified atom stereocenters. The highest BCUT2D eigenvalue weighted by molar-refractivity contribution is 7.15. The molecule has 22 heavy (non-hydrogen) atoms. The molecule has 0 aliphatic rings. The minimum Gasteiger partial charge on any atom is -0.390 e. The number of carbonyl (C=O) groups is 1. The molecule has 0 bridgehead atoms. The third kappa shape index (κ3) is 6.85. The molecule has 0 fully saturated rings. The van der Waals surface area contributed by atoms with Gasteiger partial charge in [0.25, 0.3) is 0 Å². The molecular weight excluding hydrogens is 298 g/mol. The molecule has 126 valence electrons. The summed E-state index contributed by atoms with van der Waals surface area (Å²) in [5, 5.41) is 13.1. The van der Waals surface area contributed by atoms with Crippen LogP contribution in [-0.4, -0.2) is 27.6 Å². The van der Waals surface area contributed by atoms with Crippen LogP contribution in [0.4, 0.5) is 5.13 Å². The Labute approximate surface area is 137 Å². The van der Waals surface area contributed by atoms with E-state index < -0.39 is 11.6 Å². The Hall–Kier alpha value is -0.980. The van der Waals surface area contributed by atoms with E-state index in [1.165, 1.54) is 11.3 Å². The van der Waals surface area contributed by atoms with Crippen LogP contribution in [0.5, 0.6) is 0 Å². The first-order chi connectivity index (χ1) is 10.2. The fraction of sp³-hybridized carbons (Fsp3) is 0.750. The minimum atomic E-state index is -0.609. The minimum absolute atomic E-state index is 0.169. The number of hydrogen-bond donors (Lipinski definition) is 3. The Morgan fingerprint density at radius 2 is 2.18 bits per heavy atom. The van der Waals surface area contributed by atoms with Crippen LogP contribution in [0, 0.1) is 0 Å². The van der Waals surface area contributed by atoms with Crippen molar-refractivity contribution in [1.29, 1.82) is 0 Å². The Morgan fingerprint density at radius 3 is 2.77 bits per heavy atom. The molecule has 2 atom stereocenters. The number of amides is 1. The molecule has 5 nitrogen and oxygen atoms in total. The van der Waals surface area contributed by atoms with Gasteiger partial charge in [-0.25, -0.2) is 4.98 Å². The Kier molecular flexibility index (Phi) is 7.45. The van der Waals surface area contributed by atoms with Crippen molar-refractivity contribution in [3.05, 3.63) is 11.1 Å². The summed E-state index contributed by atoms with van der Waals surface area (Å²) < 4.78 is 0. The number of anilines is 1. The summed E-state index contributed by atoms with van der Waals surface area (Å²) in [4.78, 5) is 17.3. The van der Waals surface area contributed by atoms with E-state index in [0.29, 0.717) is 17.5 Å². The molecule has 4 N–H and O–H groups in total. The fourth-order valence-corrected chi connectivity index (χ4v) is 3.10. The lowest BCUT2D eigenvalue weighted by atomic mass is 9.96. The number of nitrogens with one attached hydrogen (secondary N) is 1. The Bertz CT molecular complexity index is 468. The van der Waals surface area contributed by atoms with Gasteiger partial charge in [-0.15, -0.1) is 11.3 Å². The maximum absolute atomic E-state index is 11.9. The summed E-state index contributed by atoms with van der Waals surface area (Å²) in [5.74, 6) is 0.201. The summed E-state index contributed by atoms with van der Waals surface area (Å²) in [6.45, 7) is 7.81. The molecule has 1 heterocycles. The number of hydrogen-bond acceptors (Lipinski definition) is 5. The summed E-state index contributed by atoms with van der Waals surface area (Å²) in [7, 11) is 0. The van der Waals surface area contributed by atoms with Gasteiger partial charge in [0.15, 0.2) is 5.13 Å². The van der Waals surface area contributed by atoms with Crippen LogP contribution in [0.2, 0.25) is 0 Å². The van der Waals surface area contributed by atoms with Crippen molar-refractivity contribution in [3.63, 3.8) is 0 Å². The Balaban J connectivity index is 2.47. The molecule has 0 radical (unpaired) electrons. The van der Waals surface area contributed by atoms with Gasteiger partial charge in [-0.1, -0.05) is 20.3 Å². The molecule has 1 rings (SSSR count). The second kappa shape index (κ2) is 8.60. The quantitative estimate of drug-likeness (QED) is 0.649. The molecule has 0 saturated carbocycles. The smallest absolute Gasteiger partial charge is 0.243 e. The van der Waals surface area contributed by atoms with E-state index in [2.05, 4.69) is 17.2 Å². The SMILES string of the molecule is CCCC(N)C(=O)Nc1ncc(C(C)CCCC(C)(C)O)s1. The number of aliphatic hydroxyl groups is 1. The maximum atomic E-state index is 11.9. The third-order valence-electron chi connectivity index (χ3n) is 3.60. The number of nitrogens with zero attached hydrogens (tertiary/aromatic N) is 1. The zero-order chi connectivity index (χ0) is 16.8. The highest BCUT2D eigenvalue weighted by atomic mass is 32.1. The number of carbonyl (C=O) groups excluding carboxylic acids is 1. The lowest BCUT2D eigenvalue weighted by Crippen LogP contribution is -2.35. The second-order valence-electron chi connectivity index (χ2n) is 6.56. The van der Waals surface area contributed by atoms with Crippen molar-refractivity contribution in [2.75, 3.05) is 5.32 Å². The lowest BCUT2D eigenvalue weighted by Gasteiger charge is -2.17. The molecule has 1 aromatic rings. The van der Waals surface area contributed by atoms with Crippen molar-refractivity contribution in [1.82, 2.24) is 4.98 Å². The van der Waals surface area contributed by atoms with Gasteiger partial charge >= 0.3 is 0 Å². The molecule has 1 amide bonds. The number of rotatable bonds is 9. The number of aromatic nitrogens is 1. The zero-order valence-corrected chi connectivity index (χ0v) is 14.9. The van der Waals surface area contributed by atoms with Gasteiger partial charge in [-0.2, -0.15) is 0 Å². The summed E-state index contributed by atoms with van der Waals surface area (Å²) >= 11 is 1.50. The van der Waals surface area contributed by atoms with E-state index >= 15 is 0 Å². The van der Waals surface area contributed by atoms with Crippen LogP contribution in [-0.2, 0) is 4.79 Å². The fourth-order valence-electron chi connectivity index (χ4n) is 2.20. The highest BCUT2D eigenvalue weighted by Gasteiger charge is 2.17. The molecule has 0 saturated heterocycles. The van der Waals surface area contributed by atoms with Gasteiger partial charge in [-0.3, -0.25) is 4.79 Å².